The maximum Gasteiger partial charge on any atom is 0.298 e. The van der Waals surface area contributed by atoms with Crippen molar-refractivity contribution in [3.8, 4) is 46.9 Å². The lowest BCUT2D eigenvalue weighted by molar-refractivity contribution is 0.112. The molecule has 0 spiro atoms. The van der Waals surface area contributed by atoms with Gasteiger partial charge in [-0.25, -0.2) is 11.6 Å². The van der Waals surface area contributed by atoms with Crippen molar-refractivity contribution in [1.29, 1.82) is 10.5 Å². The van der Waals surface area contributed by atoms with Gasteiger partial charge in [0.05, 0.1) is 54.9 Å². The molecule has 276 valence electrons. The van der Waals surface area contributed by atoms with Gasteiger partial charge < -0.3 is 49.3 Å². The van der Waals surface area contributed by atoms with Crippen molar-refractivity contribution in [3.05, 3.63) is 111 Å². The van der Waals surface area contributed by atoms with Crippen LogP contribution in [0.15, 0.2) is 60.3 Å². The first-order valence-electron chi connectivity index (χ1n) is 14.7. The molecule has 53 heavy (non-hydrogen) atoms. The Morgan fingerprint density at radius 1 is 0.962 bits per heavy atom. The molecule has 0 aliphatic carbocycles. The molecule has 1 aliphatic heterocycles. The molecule has 0 radical (unpaired) electrons. The quantitative estimate of drug-likeness (QED) is 0.118. The number of ether oxygens (including phenoxy) is 5. The SMILES string of the molecule is COc1cc(C2C(C#N)=C(N)Oc3nc(C)[nH]c(=O)c32)cc(Br)c1OC.COc1cc(C=O)cc(Br)c1OC.Cc1nc(O)cc(=O)[nH]1.[C-]#[N+]CC#N. The van der Waals surface area contributed by atoms with Crippen LogP contribution >= 0.6 is 31.9 Å². The number of aldehydes is 1. The highest BCUT2D eigenvalue weighted by molar-refractivity contribution is 9.11. The van der Waals surface area contributed by atoms with E-state index in [0.29, 0.717) is 54.7 Å². The Kier molecular flexibility index (Phi) is 16.5. The topological polar surface area (TPSA) is 253 Å². The van der Waals surface area contributed by atoms with Crippen LogP contribution in [0.4, 0.5) is 0 Å². The highest BCUT2D eigenvalue weighted by Gasteiger charge is 2.35. The van der Waals surface area contributed by atoms with Gasteiger partial charge in [0.2, 0.25) is 17.6 Å². The van der Waals surface area contributed by atoms with Crippen LogP contribution < -0.4 is 40.5 Å². The zero-order chi connectivity index (χ0) is 39.8. The number of benzene rings is 2. The smallest absolute Gasteiger partial charge is 0.298 e. The number of methoxy groups -OCH3 is 4. The summed E-state index contributed by atoms with van der Waals surface area (Å²) in [6, 6.07) is 11.4. The van der Waals surface area contributed by atoms with E-state index in [4.69, 9.17) is 46.4 Å². The molecule has 1 aliphatic rings. The number of allylic oxidation sites excluding steroid dienone is 1. The number of aryl methyl sites for hydroxylation is 2. The second kappa shape index (κ2) is 20.5. The van der Waals surface area contributed by atoms with Crippen molar-refractivity contribution in [2.24, 2.45) is 5.73 Å². The lowest BCUT2D eigenvalue weighted by Gasteiger charge is -2.25. The fraction of sp³-hybridized carbons (Fsp3) is 0.235. The second-order valence-corrected chi connectivity index (χ2v) is 11.8. The molecule has 3 heterocycles. The molecule has 5 rings (SSSR count). The van der Waals surface area contributed by atoms with Crippen molar-refractivity contribution in [1.82, 2.24) is 19.9 Å². The number of carbonyl (C=O) groups excluding carboxylic acids is 1. The van der Waals surface area contributed by atoms with E-state index in [1.807, 2.05) is 6.07 Å². The first kappa shape index (κ1) is 42.8. The minimum atomic E-state index is -0.753. The Hall–Kier alpha value is -6.36. The number of carbonyl (C=O) groups is 1. The Morgan fingerprint density at radius 3 is 2.02 bits per heavy atom. The zero-order valence-corrected chi connectivity index (χ0v) is 32.2. The van der Waals surface area contributed by atoms with E-state index in [1.54, 1.807) is 51.3 Å². The molecule has 17 nitrogen and oxygen atoms in total. The molecule has 2 aromatic heterocycles. The molecule has 4 aromatic rings. The van der Waals surface area contributed by atoms with Gasteiger partial charge in [-0.05, 0) is 75.5 Å². The molecule has 0 fully saturated rings. The third-order valence-electron chi connectivity index (χ3n) is 6.59. The minimum Gasteiger partial charge on any atom is -0.493 e. The first-order valence-corrected chi connectivity index (χ1v) is 16.3. The minimum absolute atomic E-state index is 0.0139. The van der Waals surface area contributed by atoms with Crippen LogP contribution in [0.1, 0.15) is 39.1 Å². The molecule has 1 unspecified atom stereocenters. The number of nitriles is 2. The van der Waals surface area contributed by atoms with Crippen LogP contribution in [0.25, 0.3) is 4.85 Å². The van der Waals surface area contributed by atoms with Gasteiger partial charge in [-0.3, -0.25) is 14.4 Å². The Labute approximate surface area is 319 Å². The number of nitrogens with two attached hydrogens (primary N) is 1. The summed E-state index contributed by atoms with van der Waals surface area (Å²) in [5, 5.41) is 25.9. The summed E-state index contributed by atoms with van der Waals surface area (Å²) >= 11 is 6.70. The third-order valence-corrected chi connectivity index (χ3v) is 7.76. The van der Waals surface area contributed by atoms with E-state index in [1.165, 1.54) is 21.3 Å². The van der Waals surface area contributed by atoms with E-state index in [-0.39, 0.29) is 40.9 Å². The van der Waals surface area contributed by atoms with Gasteiger partial charge in [0, 0.05) is 5.56 Å². The average molecular weight is 856 g/mol. The number of nitrogens with zero attached hydrogens (tertiary/aromatic N) is 5. The fourth-order valence-corrected chi connectivity index (χ4v) is 5.75. The van der Waals surface area contributed by atoms with Crippen molar-refractivity contribution in [3.63, 3.8) is 0 Å². The molecular weight excluding hydrogens is 824 g/mol. The number of aromatic hydroxyl groups is 1. The van der Waals surface area contributed by atoms with Gasteiger partial charge in [0.15, 0.2) is 23.0 Å². The maximum absolute atomic E-state index is 12.6. The first-order chi connectivity index (χ1) is 25.2. The highest BCUT2D eigenvalue weighted by Crippen LogP contribution is 2.44. The summed E-state index contributed by atoms with van der Waals surface area (Å²) in [5.41, 5.74) is 6.66. The van der Waals surface area contributed by atoms with Gasteiger partial charge in [0.25, 0.3) is 17.7 Å². The molecule has 5 N–H and O–H groups in total. The number of hydrogen-bond donors (Lipinski definition) is 4. The highest BCUT2D eigenvalue weighted by atomic mass is 79.9. The van der Waals surface area contributed by atoms with Crippen LogP contribution in [0.2, 0.25) is 0 Å². The molecule has 2 aromatic carbocycles. The summed E-state index contributed by atoms with van der Waals surface area (Å²) < 4.78 is 27.5. The second-order valence-electron chi connectivity index (χ2n) is 10.1. The number of nitrogens with one attached hydrogen (secondary N) is 2. The average Bonchev–Trinajstić information content (AvgIpc) is 3.10. The van der Waals surface area contributed by atoms with Gasteiger partial charge >= 0.3 is 0 Å². The van der Waals surface area contributed by atoms with E-state index in [0.717, 1.165) is 12.4 Å². The van der Waals surface area contributed by atoms with Crippen LogP contribution in [-0.2, 0) is 0 Å². The maximum atomic E-state index is 12.6. The van der Waals surface area contributed by atoms with E-state index in [9.17, 15) is 19.6 Å². The normalized spacial score (nSPS) is 12.1. The number of aromatic amines is 2. The van der Waals surface area contributed by atoms with Crippen molar-refractivity contribution in [2.75, 3.05) is 35.0 Å². The van der Waals surface area contributed by atoms with Gasteiger partial charge in [-0.2, -0.15) is 15.5 Å². The number of rotatable bonds is 6. The lowest BCUT2D eigenvalue weighted by atomic mass is 9.85. The number of halogens is 2. The Morgan fingerprint density at radius 2 is 1.55 bits per heavy atom. The molecule has 0 bridgehead atoms. The van der Waals surface area contributed by atoms with Crippen molar-refractivity contribution >= 4 is 38.1 Å². The predicted molar refractivity (Wildman–Crippen MR) is 197 cm³/mol. The Balaban J connectivity index is 0.000000297. The summed E-state index contributed by atoms with van der Waals surface area (Å²) in [4.78, 5) is 49.0. The molecular formula is C34H32Br2N8O9. The molecule has 0 saturated heterocycles. The van der Waals surface area contributed by atoms with Crippen molar-refractivity contribution < 1.29 is 33.6 Å². The van der Waals surface area contributed by atoms with Crippen LogP contribution in [-0.4, -0.2) is 66.3 Å². The van der Waals surface area contributed by atoms with Crippen LogP contribution in [0, 0.1) is 43.1 Å². The summed E-state index contributed by atoms with van der Waals surface area (Å²) in [5.74, 6) is 1.87. The standard InChI is InChI=1S/C17H15BrN4O4.C9H9BrO3.C5H6N2O2.C3H2N2/c1-7-21-16(23)13-12(9(6-19)15(20)26-17(13)22-7)8-4-10(18)14(25-3)11(5-8)24-2;1-12-8-4-6(5-11)3-7(10)9(8)13-2;1-3-6-4(8)2-5(9)7-3;1-5-3-2-4/h4-5,12H,20H2,1-3H3,(H,21,22,23);3-5H,1-2H3;2H,1H3,(H2,6,7,8,9);3H2. The number of fused-ring (bicyclic) bond motifs is 1. The molecule has 19 heteroatoms. The summed E-state index contributed by atoms with van der Waals surface area (Å²) in [6.07, 6.45) is 0.757. The van der Waals surface area contributed by atoms with E-state index < -0.39 is 11.5 Å². The molecule has 0 saturated carbocycles. The predicted octanol–water partition coefficient (Wildman–Crippen LogP) is 4.57. The van der Waals surface area contributed by atoms with Crippen molar-refractivity contribution in [2.45, 2.75) is 19.8 Å². The number of H-pyrrole nitrogens is 2. The van der Waals surface area contributed by atoms with Gasteiger partial charge in [-0.15, -0.1) is 0 Å². The zero-order valence-electron chi connectivity index (χ0n) is 29.0. The number of hydrogen-bond acceptors (Lipinski definition) is 14. The molecule has 0 amide bonds. The summed E-state index contributed by atoms with van der Waals surface area (Å²) in [6.45, 7) is 9.22. The number of aromatic nitrogens is 4. The van der Waals surface area contributed by atoms with Crippen LogP contribution in [0.5, 0.6) is 34.8 Å². The monoisotopic (exact) mass is 854 g/mol. The van der Waals surface area contributed by atoms with Gasteiger partial charge in [-0.1, -0.05) is 0 Å². The lowest BCUT2D eigenvalue weighted by Crippen LogP contribution is -2.29. The Bertz CT molecular complexity index is 2200. The fourth-order valence-electron chi connectivity index (χ4n) is 4.51. The van der Waals surface area contributed by atoms with E-state index >= 15 is 0 Å². The van der Waals surface area contributed by atoms with Gasteiger partial charge in [0.1, 0.15) is 35.6 Å². The van der Waals surface area contributed by atoms with Crippen LogP contribution in [0.3, 0.4) is 0 Å². The largest absolute Gasteiger partial charge is 0.493 e. The molecule has 1 atom stereocenters. The summed E-state index contributed by atoms with van der Waals surface area (Å²) in [7, 11) is 6.09. The van der Waals surface area contributed by atoms with E-state index in [2.05, 4.69) is 56.6 Å². The third kappa shape index (κ3) is 11.3.